The maximum absolute atomic E-state index is 12.4. The van der Waals surface area contributed by atoms with Crippen LogP contribution in [0.25, 0.3) is 0 Å². The van der Waals surface area contributed by atoms with Gasteiger partial charge in [-0.15, -0.1) is 11.8 Å². The summed E-state index contributed by atoms with van der Waals surface area (Å²) in [7, 11) is 0. The van der Waals surface area contributed by atoms with Gasteiger partial charge in [0.15, 0.2) is 0 Å². The Balaban J connectivity index is 1.50. The quantitative estimate of drug-likeness (QED) is 0.754. The Morgan fingerprint density at radius 3 is 2.50 bits per heavy atom. The van der Waals surface area contributed by atoms with Crippen LogP contribution in [-0.2, 0) is 4.79 Å². The standard InChI is InChI=1S/C17H17Cl2N3OS/c18-13-5-6-16(20-11-13)21-7-9-22(10-8-21)17(23)12-24-15-4-2-1-3-14(15)19/h1-6,11H,7-10,12H2. The van der Waals surface area contributed by atoms with E-state index in [1.54, 1.807) is 6.20 Å². The fourth-order valence-electron chi connectivity index (χ4n) is 2.53. The topological polar surface area (TPSA) is 36.4 Å². The number of carbonyl (C=O) groups excluding carboxylic acids is 1. The first-order chi connectivity index (χ1) is 11.6. The Hall–Kier alpha value is -1.43. The number of carbonyl (C=O) groups is 1. The molecule has 2 aromatic rings. The van der Waals surface area contributed by atoms with E-state index in [0.29, 0.717) is 28.9 Å². The molecular weight excluding hydrogens is 365 g/mol. The van der Waals surface area contributed by atoms with Crippen LogP contribution in [0.2, 0.25) is 10.0 Å². The maximum Gasteiger partial charge on any atom is 0.233 e. The summed E-state index contributed by atoms with van der Waals surface area (Å²) in [6, 6.07) is 11.3. The summed E-state index contributed by atoms with van der Waals surface area (Å²) in [5, 5.41) is 1.32. The zero-order valence-corrected chi connectivity index (χ0v) is 15.3. The van der Waals surface area contributed by atoms with E-state index in [4.69, 9.17) is 23.2 Å². The highest BCUT2D eigenvalue weighted by Gasteiger charge is 2.22. The Morgan fingerprint density at radius 2 is 1.83 bits per heavy atom. The number of benzene rings is 1. The number of nitrogens with zero attached hydrogens (tertiary/aromatic N) is 3. The molecule has 7 heteroatoms. The lowest BCUT2D eigenvalue weighted by Crippen LogP contribution is -2.49. The normalized spacial score (nSPS) is 14.8. The molecule has 1 amide bonds. The molecule has 4 nitrogen and oxygen atoms in total. The maximum atomic E-state index is 12.4. The van der Waals surface area contributed by atoms with Gasteiger partial charge in [-0.3, -0.25) is 4.79 Å². The summed E-state index contributed by atoms with van der Waals surface area (Å²) in [4.78, 5) is 21.7. The number of anilines is 1. The van der Waals surface area contributed by atoms with Crippen molar-refractivity contribution >= 4 is 46.7 Å². The number of piperazine rings is 1. The number of thioether (sulfide) groups is 1. The van der Waals surface area contributed by atoms with Gasteiger partial charge in [0.1, 0.15) is 5.82 Å². The van der Waals surface area contributed by atoms with Crippen LogP contribution in [0.1, 0.15) is 0 Å². The fraction of sp³-hybridized carbons (Fsp3) is 0.294. The fourth-order valence-corrected chi connectivity index (χ4v) is 3.79. The van der Waals surface area contributed by atoms with Crippen LogP contribution < -0.4 is 4.90 Å². The highest BCUT2D eigenvalue weighted by molar-refractivity contribution is 8.00. The molecule has 1 saturated heterocycles. The van der Waals surface area contributed by atoms with Crippen molar-refractivity contribution in [3.8, 4) is 0 Å². The van der Waals surface area contributed by atoms with Crippen LogP contribution in [-0.4, -0.2) is 47.7 Å². The van der Waals surface area contributed by atoms with Crippen LogP contribution in [0.3, 0.4) is 0 Å². The molecule has 126 valence electrons. The average Bonchev–Trinajstić information content (AvgIpc) is 2.62. The van der Waals surface area contributed by atoms with Gasteiger partial charge in [-0.05, 0) is 24.3 Å². The molecule has 24 heavy (non-hydrogen) atoms. The lowest BCUT2D eigenvalue weighted by molar-refractivity contribution is -0.128. The number of hydrogen-bond donors (Lipinski definition) is 0. The first kappa shape index (κ1) is 17.4. The Bertz CT molecular complexity index is 703. The monoisotopic (exact) mass is 381 g/mol. The van der Waals surface area contributed by atoms with Crippen molar-refractivity contribution in [2.75, 3.05) is 36.8 Å². The van der Waals surface area contributed by atoms with Crippen molar-refractivity contribution in [3.05, 3.63) is 52.6 Å². The summed E-state index contributed by atoms with van der Waals surface area (Å²) in [6.07, 6.45) is 1.65. The Morgan fingerprint density at radius 1 is 1.08 bits per heavy atom. The number of aromatic nitrogens is 1. The van der Waals surface area contributed by atoms with Gasteiger partial charge < -0.3 is 9.80 Å². The van der Waals surface area contributed by atoms with Gasteiger partial charge in [-0.2, -0.15) is 0 Å². The van der Waals surface area contributed by atoms with Crippen LogP contribution in [0, 0.1) is 0 Å². The number of rotatable bonds is 4. The number of hydrogen-bond acceptors (Lipinski definition) is 4. The molecule has 0 radical (unpaired) electrons. The van der Waals surface area contributed by atoms with Crippen molar-refractivity contribution in [2.24, 2.45) is 0 Å². The van der Waals surface area contributed by atoms with Gasteiger partial charge in [-0.25, -0.2) is 4.98 Å². The molecule has 0 saturated carbocycles. The molecule has 0 unspecified atom stereocenters. The van der Waals surface area contributed by atoms with E-state index in [-0.39, 0.29) is 5.91 Å². The molecule has 1 aromatic carbocycles. The lowest BCUT2D eigenvalue weighted by Gasteiger charge is -2.35. The van der Waals surface area contributed by atoms with Crippen LogP contribution in [0.15, 0.2) is 47.5 Å². The van der Waals surface area contributed by atoms with E-state index in [9.17, 15) is 4.79 Å². The van der Waals surface area contributed by atoms with Crippen molar-refractivity contribution in [1.82, 2.24) is 9.88 Å². The van der Waals surface area contributed by atoms with Crippen LogP contribution in [0.4, 0.5) is 5.82 Å². The summed E-state index contributed by atoms with van der Waals surface area (Å²) in [6.45, 7) is 2.95. The number of halogens is 2. The van der Waals surface area contributed by atoms with E-state index in [0.717, 1.165) is 23.8 Å². The highest BCUT2D eigenvalue weighted by Crippen LogP contribution is 2.27. The largest absolute Gasteiger partial charge is 0.353 e. The molecule has 3 rings (SSSR count). The van der Waals surface area contributed by atoms with Crippen molar-refractivity contribution in [1.29, 1.82) is 0 Å². The Labute approximate surface area is 155 Å². The molecule has 1 aromatic heterocycles. The molecule has 0 aliphatic carbocycles. The zero-order valence-electron chi connectivity index (χ0n) is 13.0. The minimum Gasteiger partial charge on any atom is -0.353 e. The summed E-state index contributed by atoms with van der Waals surface area (Å²) >= 11 is 13.5. The second-order valence-electron chi connectivity index (χ2n) is 5.42. The molecule has 1 aliphatic rings. The van der Waals surface area contributed by atoms with E-state index in [2.05, 4.69) is 9.88 Å². The third-order valence-corrected chi connectivity index (χ3v) is 5.58. The SMILES string of the molecule is O=C(CSc1ccccc1Cl)N1CCN(c2ccc(Cl)cn2)CC1. The molecule has 1 fully saturated rings. The minimum absolute atomic E-state index is 0.142. The molecule has 0 atom stereocenters. The van der Waals surface area contributed by atoms with E-state index < -0.39 is 0 Å². The van der Waals surface area contributed by atoms with Gasteiger partial charge >= 0.3 is 0 Å². The van der Waals surface area contributed by atoms with Crippen LogP contribution in [0.5, 0.6) is 0 Å². The zero-order chi connectivity index (χ0) is 16.9. The molecule has 1 aliphatic heterocycles. The minimum atomic E-state index is 0.142. The van der Waals surface area contributed by atoms with Crippen LogP contribution >= 0.6 is 35.0 Å². The van der Waals surface area contributed by atoms with E-state index in [1.807, 2.05) is 41.3 Å². The van der Waals surface area contributed by atoms with Gasteiger partial charge in [0.05, 0.1) is 15.8 Å². The number of pyridine rings is 1. The highest BCUT2D eigenvalue weighted by atomic mass is 35.5. The predicted molar refractivity (Wildman–Crippen MR) is 100 cm³/mol. The Kier molecular flexibility index (Phi) is 5.87. The third-order valence-electron chi connectivity index (χ3n) is 3.86. The first-order valence-corrected chi connectivity index (χ1v) is 9.39. The van der Waals surface area contributed by atoms with Gasteiger partial charge in [0.25, 0.3) is 0 Å². The molecule has 0 bridgehead atoms. The second-order valence-corrected chi connectivity index (χ2v) is 7.28. The summed E-state index contributed by atoms with van der Waals surface area (Å²) < 4.78 is 0. The molecule has 0 spiro atoms. The predicted octanol–water partition coefficient (Wildman–Crippen LogP) is 3.83. The smallest absolute Gasteiger partial charge is 0.233 e. The summed E-state index contributed by atoms with van der Waals surface area (Å²) in [5.41, 5.74) is 0. The van der Waals surface area contributed by atoms with Crippen molar-refractivity contribution < 1.29 is 4.79 Å². The molecule has 2 heterocycles. The van der Waals surface area contributed by atoms with Gasteiger partial charge in [-0.1, -0.05) is 35.3 Å². The molecule has 0 N–H and O–H groups in total. The van der Waals surface area contributed by atoms with E-state index >= 15 is 0 Å². The first-order valence-electron chi connectivity index (χ1n) is 7.65. The van der Waals surface area contributed by atoms with Gasteiger partial charge in [0.2, 0.25) is 5.91 Å². The van der Waals surface area contributed by atoms with Crippen molar-refractivity contribution in [2.45, 2.75) is 4.90 Å². The average molecular weight is 382 g/mol. The second kappa shape index (κ2) is 8.10. The molecular formula is C17H17Cl2N3OS. The number of amides is 1. The summed E-state index contributed by atoms with van der Waals surface area (Å²) in [5.74, 6) is 1.45. The lowest BCUT2D eigenvalue weighted by atomic mass is 10.3. The van der Waals surface area contributed by atoms with Crippen molar-refractivity contribution in [3.63, 3.8) is 0 Å². The van der Waals surface area contributed by atoms with E-state index in [1.165, 1.54) is 11.8 Å². The third kappa shape index (κ3) is 4.35. The van der Waals surface area contributed by atoms with Gasteiger partial charge in [0, 0.05) is 37.3 Å².